The second-order valence-corrected chi connectivity index (χ2v) is 7.07. The molecule has 0 aliphatic carbocycles. The predicted octanol–water partition coefficient (Wildman–Crippen LogP) is 2.20. The molecule has 4 N–H and O–H groups in total. The third-order valence-corrected chi connectivity index (χ3v) is 3.91. The summed E-state index contributed by atoms with van der Waals surface area (Å²) in [5.41, 5.74) is 0.866. The number of nitrogens with zero attached hydrogens (tertiary/aromatic N) is 2. The molecule has 0 fully saturated rings. The summed E-state index contributed by atoms with van der Waals surface area (Å²) >= 11 is 0. The number of hydrogen-bond acceptors (Lipinski definition) is 7. The molecule has 0 aliphatic heterocycles. The molecule has 12 heteroatoms. The summed E-state index contributed by atoms with van der Waals surface area (Å²) in [5, 5.41) is 18.1. The van der Waals surface area contributed by atoms with E-state index >= 15 is 0 Å². The Morgan fingerprint density at radius 1 is 1.35 bits per heavy atom. The van der Waals surface area contributed by atoms with Crippen molar-refractivity contribution in [3.8, 4) is 0 Å². The molecule has 148 valence electrons. The van der Waals surface area contributed by atoms with Crippen LogP contribution in [0.4, 0.5) is 16.2 Å². The molecule has 0 spiro atoms. The summed E-state index contributed by atoms with van der Waals surface area (Å²) in [6, 6.07) is 1.41. The molecule has 0 unspecified atom stereocenters. The van der Waals surface area contributed by atoms with E-state index in [0.717, 1.165) is 25.8 Å². The summed E-state index contributed by atoms with van der Waals surface area (Å²) in [6.07, 6.45) is 6.12. The molecular formula is C14H25N5O6S. The van der Waals surface area contributed by atoms with Gasteiger partial charge < -0.3 is 15.8 Å². The van der Waals surface area contributed by atoms with Crippen LogP contribution in [0, 0.1) is 10.1 Å². The van der Waals surface area contributed by atoms with E-state index in [9.17, 15) is 13.2 Å². The van der Waals surface area contributed by atoms with Crippen LogP contribution in [0.3, 0.4) is 0 Å². The fraction of sp³-hybridized carbons (Fsp3) is 0.571. The Morgan fingerprint density at radius 2 is 1.96 bits per heavy atom. The first-order valence-electron chi connectivity index (χ1n) is 7.94. The Morgan fingerprint density at radius 3 is 2.50 bits per heavy atom. The van der Waals surface area contributed by atoms with Crippen LogP contribution in [0.1, 0.15) is 40.0 Å². The van der Waals surface area contributed by atoms with Gasteiger partial charge in [-0.3, -0.25) is 14.5 Å². The van der Waals surface area contributed by atoms with E-state index in [1.807, 2.05) is 0 Å². The Bertz CT molecular complexity index is 676. The minimum absolute atomic E-state index is 0.260. The minimum atomic E-state index is -4.15. The smallest absolute Gasteiger partial charge is 0.357 e. The van der Waals surface area contributed by atoms with Crippen LogP contribution in [0.25, 0.3) is 0 Å². The number of hydrogen-bond donors (Lipinski definition) is 4. The molecule has 1 aromatic heterocycles. The lowest BCUT2D eigenvalue weighted by molar-refractivity contribution is -0.742. The van der Waals surface area contributed by atoms with E-state index in [-0.39, 0.29) is 11.7 Å². The maximum atomic E-state index is 12.0. The molecule has 0 aliphatic rings. The molecule has 11 nitrogen and oxygen atoms in total. The molecule has 0 saturated carbocycles. The fourth-order valence-electron chi connectivity index (χ4n) is 1.73. The van der Waals surface area contributed by atoms with Crippen molar-refractivity contribution in [1.82, 2.24) is 10.3 Å². The SMILES string of the molecule is CCCCCNc1ccncc1NS(=O)(=O)C(=O)NC(C)C.O=[N+]([O-])O. The summed E-state index contributed by atoms with van der Waals surface area (Å²) in [7, 11) is -4.15. The number of sulfonamides is 1. The van der Waals surface area contributed by atoms with E-state index < -0.39 is 20.3 Å². The second kappa shape index (κ2) is 11.8. The molecule has 0 bridgehead atoms. The van der Waals surface area contributed by atoms with E-state index in [1.54, 1.807) is 26.1 Å². The Balaban J connectivity index is 0.00000141. The maximum absolute atomic E-state index is 12.0. The molecule has 1 aromatic rings. The van der Waals surface area contributed by atoms with E-state index in [2.05, 4.69) is 27.3 Å². The van der Waals surface area contributed by atoms with Crippen LogP contribution in [0.15, 0.2) is 18.5 Å². The van der Waals surface area contributed by atoms with Gasteiger partial charge in [0.1, 0.15) is 0 Å². The highest BCUT2D eigenvalue weighted by atomic mass is 32.2. The van der Waals surface area contributed by atoms with Crippen molar-refractivity contribution >= 4 is 26.6 Å². The number of carbonyl (C=O) groups is 1. The van der Waals surface area contributed by atoms with Gasteiger partial charge in [0.25, 0.3) is 5.09 Å². The van der Waals surface area contributed by atoms with Crippen LogP contribution in [-0.4, -0.2) is 41.5 Å². The van der Waals surface area contributed by atoms with Crippen molar-refractivity contribution in [2.45, 2.75) is 46.1 Å². The average Bonchev–Trinajstić information content (AvgIpc) is 2.51. The Labute approximate surface area is 152 Å². The maximum Gasteiger partial charge on any atom is 0.357 e. The Hall–Kier alpha value is -2.63. The van der Waals surface area contributed by atoms with Gasteiger partial charge in [0.05, 0.1) is 17.6 Å². The highest BCUT2D eigenvalue weighted by molar-refractivity contribution is 8.07. The van der Waals surface area contributed by atoms with Crippen LogP contribution in [-0.2, 0) is 10.0 Å². The zero-order valence-electron chi connectivity index (χ0n) is 14.9. The monoisotopic (exact) mass is 391 g/mol. The van der Waals surface area contributed by atoms with Crippen molar-refractivity contribution in [2.24, 2.45) is 0 Å². The van der Waals surface area contributed by atoms with Gasteiger partial charge in [0.2, 0.25) is 0 Å². The molecule has 0 radical (unpaired) electrons. The zero-order chi connectivity index (χ0) is 20.2. The van der Waals surface area contributed by atoms with E-state index in [4.69, 9.17) is 15.3 Å². The lowest BCUT2D eigenvalue weighted by atomic mass is 10.2. The van der Waals surface area contributed by atoms with Crippen LogP contribution >= 0.6 is 0 Å². The zero-order valence-corrected chi connectivity index (χ0v) is 15.7. The molecule has 0 aromatic carbocycles. The number of carbonyl (C=O) groups excluding carboxylic acids is 1. The number of amides is 1. The molecule has 0 atom stereocenters. The van der Waals surface area contributed by atoms with E-state index in [1.165, 1.54) is 6.20 Å². The van der Waals surface area contributed by atoms with Crippen molar-refractivity contribution < 1.29 is 23.5 Å². The normalized spacial score (nSPS) is 10.5. The summed E-state index contributed by atoms with van der Waals surface area (Å²) in [4.78, 5) is 23.9. The quantitative estimate of drug-likeness (QED) is 0.297. The number of nitrogens with one attached hydrogen (secondary N) is 3. The van der Waals surface area contributed by atoms with Gasteiger partial charge in [-0.15, -0.1) is 10.1 Å². The first kappa shape index (κ1) is 23.4. The third kappa shape index (κ3) is 10.3. The lowest BCUT2D eigenvalue weighted by Crippen LogP contribution is -2.37. The van der Waals surface area contributed by atoms with Gasteiger partial charge in [-0.1, -0.05) is 19.8 Å². The van der Waals surface area contributed by atoms with Gasteiger partial charge in [-0.25, -0.2) is 0 Å². The van der Waals surface area contributed by atoms with Crippen LogP contribution in [0.5, 0.6) is 0 Å². The topological polar surface area (TPSA) is 164 Å². The molecule has 0 saturated heterocycles. The lowest BCUT2D eigenvalue weighted by Gasteiger charge is -2.14. The van der Waals surface area contributed by atoms with Crippen LogP contribution < -0.4 is 15.4 Å². The minimum Gasteiger partial charge on any atom is -0.383 e. The first-order valence-corrected chi connectivity index (χ1v) is 9.43. The van der Waals surface area contributed by atoms with Crippen molar-refractivity contribution in [3.63, 3.8) is 0 Å². The van der Waals surface area contributed by atoms with Gasteiger partial charge >= 0.3 is 15.3 Å². The third-order valence-electron chi connectivity index (χ3n) is 2.81. The summed E-state index contributed by atoms with van der Waals surface area (Å²) < 4.78 is 26.2. The number of unbranched alkanes of at least 4 members (excludes halogenated alkanes) is 2. The van der Waals surface area contributed by atoms with Crippen molar-refractivity contribution in [1.29, 1.82) is 0 Å². The van der Waals surface area contributed by atoms with Gasteiger partial charge in [-0.2, -0.15) is 8.42 Å². The largest absolute Gasteiger partial charge is 0.383 e. The molecule has 1 heterocycles. The first-order chi connectivity index (χ1) is 12.1. The number of pyridine rings is 1. The standard InChI is InChI=1S/C14H24N4O3S.HNO3/c1-4-5-6-8-16-12-7-9-15-10-13(12)18-22(20,21)14(19)17-11(2)3;2-1(3)4/h7,9-11,18H,4-6,8H2,1-3H3,(H,15,16)(H,17,19);(H,2,3,4). The summed E-state index contributed by atoms with van der Waals surface area (Å²) in [6.45, 7) is 6.22. The number of anilines is 2. The molecule has 26 heavy (non-hydrogen) atoms. The van der Waals surface area contributed by atoms with E-state index in [0.29, 0.717) is 5.69 Å². The molecule has 1 rings (SSSR count). The molecular weight excluding hydrogens is 366 g/mol. The molecule has 1 amide bonds. The Kier molecular flexibility index (Phi) is 10.6. The van der Waals surface area contributed by atoms with Gasteiger partial charge in [0.15, 0.2) is 0 Å². The second-order valence-electron chi connectivity index (χ2n) is 5.48. The van der Waals surface area contributed by atoms with Crippen molar-refractivity contribution in [3.05, 3.63) is 28.6 Å². The number of rotatable bonds is 8. The predicted molar refractivity (Wildman–Crippen MR) is 97.2 cm³/mol. The summed E-state index contributed by atoms with van der Waals surface area (Å²) in [5.74, 6) is 0. The highest BCUT2D eigenvalue weighted by Crippen LogP contribution is 2.21. The van der Waals surface area contributed by atoms with Crippen LogP contribution in [0.2, 0.25) is 0 Å². The number of aromatic nitrogens is 1. The average molecular weight is 391 g/mol. The van der Waals surface area contributed by atoms with Crippen molar-refractivity contribution in [2.75, 3.05) is 16.6 Å². The van der Waals surface area contributed by atoms with Gasteiger partial charge in [0, 0.05) is 18.8 Å². The fourth-order valence-corrected chi connectivity index (χ4v) is 2.67. The van der Waals surface area contributed by atoms with Gasteiger partial charge in [-0.05, 0) is 26.3 Å². The highest BCUT2D eigenvalue weighted by Gasteiger charge is 2.23.